The highest BCUT2D eigenvalue weighted by Crippen LogP contribution is 2.09. The molecule has 0 heterocycles. The summed E-state index contributed by atoms with van der Waals surface area (Å²) in [6, 6.07) is 8.55. The third kappa shape index (κ3) is 4.93. The first kappa shape index (κ1) is 12.5. The quantitative estimate of drug-likeness (QED) is 0.730. The van der Waals surface area contributed by atoms with Crippen LogP contribution in [0.5, 0.6) is 0 Å². The Morgan fingerprint density at radius 1 is 1.23 bits per heavy atom. The summed E-state index contributed by atoms with van der Waals surface area (Å²) < 4.78 is 0. The summed E-state index contributed by atoms with van der Waals surface area (Å²) in [5.41, 5.74) is 7.20. The van der Waals surface area contributed by atoms with E-state index in [-0.39, 0.29) is 0 Å². The van der Waals surface area contributed by atoms with Gasteiger partial charge >= 0.3 is 0 Å². The van der Waals surface area contributed by atoms with Gasteiger partial charge in [0, 0.05) is 5.75 Å². The Hall–Kier alpha value is -0.510. The van der Waals surface area contributed by atoms with Gasteiger partial charge in [-0.15, -0.1) is 0 Å². The Morgan fingerprint density at radius 3 is 2.38 bits per heavy atom. The topological polar surface area (TPSA) is 52.0 Å². The zero-order chi connectivity index (χ0) is 10.1. The summed E-state index contributed by atoms with van der Waals surface area (Å²) in [5, 5.41) is 5.37. The van der Waals surface area contributed by atoms with Gasteiger partial charge in [0.15, 0.2) is 0 Å². The lowest BCUT2D eigenvalue weighted by Gasteiger charge is -2.00. The van der Waals surface area contributed by atoms with Gasteiger partial charge in [-0.25, -0.2) is 0 Å². The lowest BCUT2D eigenvalue weighted by Crippen LogP contribution is -1.87. The van der Waals surface area contributed by atoms with E-state index in [1.165, 1.54) is 30.1 Å². The molecular formula is C10H18N2S. The standard InChI is InChI=1S/C9H13NS.CH5N/c1-2-8-4-3-5-9(6-8)7-11-10;1-2/h3-6H,2,7,10H2,1H3;2H2,1H3. The van der Waals surface area contributed by atoms with Crippen LogP contribution in [-0.4, -0.2) is 7.05 Å². The zero-order valence-electron chi connectivity index (χ0n) is 8.29. The van der Waals surface area contributed by atoms with E-state index in [1.54, 1.807) is 0 Å². The lowest BCUT2D eigenvalue weighted by atomic mass is 10.1. The van der Waals surface area contributed by atoms with Crippen LogP contribution in [0.15, 0.2) is 24.3 Å². The molecule has 1 aromatic carbocycles. The predicted octanol–water partition coefficient (Wildman–Crippen LogP) is 1.93. The summed E-state index contributed by atoms with van der Waals surface area (Å²) in [6.07, 6.45) is 1.10. The molecule has 0 amide bonds. The molecule has 3 heteroatoms. The fourth-order valence-corrected chi connectivity index (χ4v) is 1.41. The number of aryl methyl sites for hydroxylation is 1. The molecule has 0 aliphatic rings. The van der Waals surface area contributed by atoms with E-state index in [4.69, 9.17) is 5.14 Å². The second kappa shape index (κ2) is 8.10. The summed E-state index contributed by atoms with van der Waals surface area (Å²) >= 11 is 1.37. The largest absolute Gasteiger partial charge is 0.333 e. The van der Waals surface area contributed by atoms with Crippen LogP contribution < -0.4 is 10.9 Å². The second-order valence-electron chi connectivity index (χ2n) is 2.48. The molecule has 4 N–H and O–H groups in total. The van der Waals surface area contributed by atoms with Crippen LogP contribution in [0.4, 0.5) is 0 Å². The number of rotatable bonds is 3. The Kier molecular flexibility index (Phi) is 7.79. The van der Waals surface area contributed by atoms with Crippen LogP contribution in [0.1, 0.15) is 18.1 Å². The maximum atomic E-state index is 5.37. The van der Waals surface area contributed by atoms with E-state index < -0.39 is 0 Å². The van der Waals surface area contributed by atoms with E-state index in [2.05, 4.69) is 36.9 Å². The minimum atomic E-state index is 0.911. The van der Waals surface area contributed by atoms with Crippen molar-refractivity contribution in [3.63, 3.8) is 0 Å². The van der Waals surface area contributed by atoms with Crippen LogP contribution in [0.2, 0.25) is 0 Å². The fraction of sp³-hybridized carbons (Fsp3) is 0.400. The molecule has 0 radical (unpaired) electrons. The minimum Gasteiger partial charge on any atom is -0.333 e. The van der Waals surface area contributed by atoms with Gasteiger partial charge in [-0.05, 0) is 24.6 Å². The highest BCUT2D eigenvalue weighted by Gasteiger charge is 1.92. The van der Waals surface area contributed by atoms with Gasteiger partial charge in [0.25, 0.3) is 0 Å². The first-order chi connectivity index (χ1) is 6.36. The average Bonchev–Trinajstić information content (AvgIpc) is 2.22. The first-order valence-corrected chi connectivity index (χ1v) is 5.39. The van der Waals surface area contributed by atoms with Gasteiger partial charge in [0.05, 0.1) is 0 Å². The van der Waals surface area contributed by atoms with Crippen molar-refractivity contribution in [3.05, 3.63) is 35.4 Å². The SMILES string of the molecule is CCc1cccc(CSN)c1.CN. The van der Waals surface area contributed by atoms with Gasteiger partial charge in [-0.1, -0.05) is 43.1 Å². The average molecular weight is 198 g/mol. The third-order valence-electron chi connectivity index (χ3n) is 1.65. The van der Waals surface area contributed by atoms with Crippen LogP contribution in [0, 0.1) is 0 Å². The Labute approximate surface area is 84.8 Å². The summed E-state index contributed by atoms with van der Waals surface area (Å²) in [4.78, 5) is 0. The molecule has 13 heavy (non-hydrogen) atoms. The molecule has 0 aliphatic heterocycles. The monoisotopic (exact) mass is 198 g/mol. The summed E-state index contributed by atoms with van der Waals surface area (Å²) in [5.74, 6) is 0.911. The number of benzene rings is 1. The van der Waals surface area contributed by atoms with Crippen molar-refractivity contribution >= 4 is 11.9 Å². The molecule has 0 atom stereocenters. The molecule has 1 rings (SSSR count). The molecule has 0 unspecified atom stereocenters. The Balaban J connectivity index is 0.000000671. The fourth-order valence-electron chi connectivity index (χ4n) is 1.04. The minimum absolute atomic E-state index is 0.911. The molecule has 2 nitrogen and oxygen atoms in total. The van der Waals surface area contributed by atoms with Crippen molar-refractivity contribution in [2.24, 2.45) is 10.9 Å². The van der Waals surface area contributed by atoms with E-state index >= 15 is 0 Å². The highest BCUT2D eigenvalue weighted by atomic mass is 32.2. The van der Waals surface area contributed by atoms with Crippen LogP contribution in [-0.2, 0) is 12.2 Å². The lowest BCUT2D eigenvalue weighted by molar-refractivity contribution is 1.13. The van der Waals surface area contributed by atoms with Gasteiger partial charge < -0.3 is 5.73 Å². The molecule has 0 aromatic heterocycles. The molecule has 0 fully saturated rings. The van der Waals surface area contributed by atoms with Gasteiger partial charge in [-0.3, -0.25) is 5.14 Å². The van der Waals surface area contributed by atoms with Gasteiger partial charge in [-0.2, -0.15) is 0 Å². The maximum absolute atomic E-state index is 5.37. The van der Waals surface area contributed by atoms with Crippen molar-refractivity contribution < 1.29 is 0 Å². The predicted molar refractivity (Wildman–Crippen MR) is 61.4 cm³/mol. The van der Waals surface area contributed by atoms with Crippen molar-refractivity contribution in [3.8, 4) is 0 Å². The second-order valence-corrected chi connectivity index (χ2v) is 3.11. The van der Waals surface area contributed by atoms with Crippen molar-refractivity contribution in [1.29, 1.82) is 0 Å². The summed E-state index contributed by atoms with van der Waals surface area (Å²) in [6.45, 7) is 2.16. The molecule has 0 aliphatic carbocycles. The molecule has 0 saturated carbocycles. The number of nitrogens with two attached hydrogens (primary N) is 2. The number of hydrogen-bond donors (Lipinski definition) is 2. The van der Waals surface area contributed by atoms with Gasteiger partial charge in [0.1, 0.15) is 0 Å². The summed E-state index contributed by atoms with van der Waals surface area (Å²) in [7, 11) is 1.50. The normalized spacial score (nSPS) is 8.92. The smallest absolute Gasteiger partial charge is 0.0328 e. The molecular weight excluding hydrogens is 180 g/mol. The highest BCUT2D eigenvalue weighted by molar-refractivity contribution is 7.96. The molecule has 0 saturated heterocycles. The van der Waals surface area contributed by atoms with Crippen molar-refractivity contribution in [2.45, 2.75) is 19.1 Å². The van der Waals surface area contributed by atoms with E-state index in [0.29, 0.717) is 0 Å². The van der Waals surface area contributed by atoms with E-state index in [0.717, 1.165) is 12.2 Å². The van der Waals surface area contributed by atoms with Crippen LogP contribution in [0.3, 0.4) is 0 Å². The zero-order valence-corrected chi connectivity index (χ0v) is 9.10. The first-order valence-electron chi connectivity index (χ1n) is 4.34. The third-order valence-corrected chi connectivity index (χ3v) is 2.15. The van der Waals surface area contributed by atoms with Gasteiger partial charge in [0.2, 0.25) is 0 Å². The molecule has 0 bridgehead atoms. The molecule has 74 valence electrons. The number of hydrogen-bond acceptors (Lipinski definition) is 3. The Bertz CT molecular complexity index is 226. The van der Waals surface area contributed by atoms with Crippen LogP contribution in [0.25, 0.3) is 0 Å². The molecule has 1 aromatic rings. The van der Waals surface area contributed by atoms with Crippen molar-refractivity contribution in [1.82, 2.24) is 0 Å². The van der Waals surface area contributed by atoms with Crippen LogP contribution >= 0.6 is 11.9 Å². The maximum Gasteiger partial charge on any atom is 0.0328 e. The van der Waals surface area contributed by atoms with Crippen molar-refractivity contribution in [2.75, 3.05) is 7.05 Å². The molecule has 0 spiro atoms. The Morgan fingerprint density at radius 2 is 1.85 bits per heavy atom. The van der Waals surface area contributed by atoms with E-state index in [9.17, 15) is 0 Å². The van der Waals surface area contributed by atoms with E-state index in [1.807, 2.05) is 0 Å².